The van der Waals surface area contributed by atoms with E-state index >= 15 is 0 Å². The Kier molecular flexibility index (Phi) is 20.5. The first kappa shape index (κ1) is 27.9. The summed E-state index contributed by atoms with van der Waals surface area (Å²) in [6.07, 6.45) is 19.4. The van der Waals surface area contributed by atoms with Gasteiger partial charge >= 0.3 is 0 Å². The normalized spacial score (nSPS) is 18.2. The fourth-order valence-corrected chi connectivity index (χ4v) is 4.25. The Morgan fingerprint density at radius 2 is 0.867 bits per heavy atom. The average molecular weight is 425 g/mol. The second-order valence-corrected chi connectivity index (χ2v) is 9.51. The minimum Gasteiger partial charge on any atom is -0.317 e. The van der Waals surface area contributed by atoms with Crippen molar-refractivity contribution in [1.82, 2.24) is 21.3 Å². The fourth-order valence-electron chi connectivity index (χ4n) is 4.25. The number of hydrogen-bond donors (Lipinski definition) is 4. The molecule has 4 N–H and O–H groups in total. The lowest BCUT2D eigenvalue weighted by atomic mass is 10.1. The lowest BCUT2D eigenvalue weighted by Gasteiger charge is -2.07. The number of unbranched alkanes of at least 4 members (excludes halogenated alkanes) is 10. The van der Waals surface area contributed by atoms with Crippen LogP contribution >= 0.6 is 0 Å². The maximum Gasteiger partial charge on any atom is -0.00173 e. The molecule has 0 bridgehead atoms. The average Bonchev–Trinajstić information content (AvgIpc) is 3.51. The molecule has 0 amide bonds. The van der Waals surface area contributed by atoms with Crippen LogP contribution in [0.4, 0.5) is 0 Å². The van der Waals surface area contributed by atoms with E-state index in [1.165, 1.54) is 136 Å². The van der Waals surface area contributed by atoms with Crippen LogP contribution in [0, 0.1) is 11.8 Å². The van der Waals surface area contributed by atoms with Crippen LogP contribution in [0.1, 0.15) is 104 Å². The highest BCUT2D eigenvalue weighted by atomic mass is 14.9. The van der Waals surface area contributed by atoms with Crippen molar-refractivity contribution in [2.24, 2.45) is 11.8 Å². The molecular weight excluding hydrogens is 368 g/mol. The molecule has 180 valence electrons. The van der Waals surface area contributed by atoms with Crippen LogP contribution < -0.4 is 21.3 Å². The van der Waals surface area contributed by atoms with Gasteiger partial charge in [-0.2, -0.15) is 0 Å². The molecule has 0 unspecified atom stereocenters. The van der Waals surface area contributed by atoms with Crippen molar-refractivity contribution < 1.29 is 0 Å². The Morgan fingerprint density at radius 3 is 1.37 bits per heavy atom. The Balaban J connectivity index is 1.67. The highest BCUT2D eigenvalue weighted by Crippen LogP contribution is 2.37. The molecule has 2 atom stereocenters. The fraction of sp³-hybridized carbons (Fsp3) is 1.00. The largest absolute Gasteiger partial charge is 0.317 e. The van der Waals surface area contributed by atoms with E-state index in [0.717, 1.165) is 18.4 Å². The second kappa shape index (κ2) is 22.0. The molecule has 0 saturated heterocycles. The molecule has 0 heterocycles. The van der Waals surface area contributed by atoms with Crippen molar-refractivity contribution in [3.8, 4) is 0 Å². The van der Waals surface area contributed by atoms with Gasteiger partial charge in [-0.15, -0.1) is 0 Å². The van der Waals surface area contributed by atoms with Crippen molar-refractivity contribution in [3.05, 3.63) is 0 Å². The molecule has 1 fully saturated rings. The maximum atomic E-state index is 3.68. The van der Waals surface area contributed by atoms with Crippen molar-refractivity contribution in [2.75, 3.05) is 52.4 Å². The third-order valence-electron chi connectivity index (χ3n) is 6.50. The molecule has 0 spiro atoms. The SMILES string of the molecule is CCCCCCCCCCCNCCCCNC[C@H]1C[C@@H]1CNCCCCNCC. The predicted octanol–water partition coefficient (Wildman–Crippen LogP) is 5.09. The van der Waals surface area contributed by atoms with Gasteiger partial charge in [0.2, 0.25) is 0 Å². The minimum atomic E-state index is 0.934. The minimum absolute atomic E-state index is 0.934. The summed E-state index contributed by atoms with van der Waals surface area (Å²) in [4.78, 5) is 0. The van der Waals surface area contributed by atoms with E-state index in [9.17, 15) is 0 Å². The molecule has 0 aromatic carbocycles. The van der Waals surface area contributed by atoms with E-state index < -0.39 is 0 Å². The Hall–Kier alpha value is -0.160. The number of nitrogens with one attached hydrogen (secondary N) is 4. The van der Waals surface area contributed by atoms with E-state index in [4.69, 9.17) is 0 Å². The first-order chi connectivity index (χ1) is 14.9. The Bertz CT molecular complexity index is 337. The summed E-state index contributed by atoms with van der Waals surface area (Å²) >= 11 is 0. The van der Waals surface area contributed by atoms with Gasteiger partial charge in [-0.25, -0.2) is 0 Å². The first-order valence-electron chi connectivity index (χ1n) is 13.7. The van der Waals surface area contributed by atoms with Crippen LogP contribution in [0.2, 0.25) is 0 Å². The highest BCUT2D eigenvalue weighted by molar-refractivity contribution is 4.89. The zero-order valence-electron chi connectivity index (χ0n) is 20.7. The molecule has 1 saturated carbocycles. The van der Waals surface area contributed by atoms with Gasteiger partial charge in [-0.1, -0.05) is 65.2 Å². The molecule has 4 heteroatoms. The van der Waals surface area contributed by atoms with E-state index in [0.29, 0.717) is 0 Å². The van der Waals surface area contributed by atoms with Gasteiger partial charge in [0.05, 0.1) is 0 Å². The van der Waals surface area contributed by atoms with Crippen molar-refractivity contribution in [1.29, 1.82) is 0 Å². The topological polar surface area (TPSA) is 48.1 Å². The van der Waals surface area contributed by atoms with Crippen LogP contribution in [0.15, 0.2) is 0 Å². The molecule has 0 aromatic rings. The zero-order chi connectivity index (χ0) is 21.5. The van der Waals surface area contributed by atoms with Gasteiger partial charge in [0, 0.05) is 0 Å². The smallest absolute Gasteiger partial charge is 0.00173 e. The van der Waals surface area contributed by atoms with Crippen LogP contribution in [-0.2, 0) is 0 Å². The van der Waals surface area contributed by atoms with Crippen molar-refractivity contribution in [3.63, 3.8) is 0 Å². The lowest BCUT2D eigenvalue weighted by molar-refractivity contribution is 0.522. The predicted molar refractivity (Wildman–Crippen MR) is 134 cm³/mol. The summed E-state index contributed by atoms with van der Waals surface area (Å²) in [5.41, 5.74) is 0. The second-order valence-electron chi connectivity index (χ2n) is 9.51. The molecule has 30 heavy (non-hydrogen) atoms. The number of hydrogen-bond acceptors (Lipinski definition) is 4. The third kappa shape index (κ3) is 18.6. The van der Waals surface area contributed by atoms with Gasteiger partial charge in [-0.05, 0) is 103 Å². The molecule has 4 nitrogen and oxygen atoms in total. The van der Waals surface area contributed by atoms with Crippen LogP contribution in [0.3, 0.4) is 0 Å². The summed E-state index contributed by atoms with van der Waals surface area (Å²) in [5.74, 6) is 1.87. The summed E-state index contributed by atoms with van der Waals surface area (Å²) < 4.78 is 0. The molecule has 1 rings (SSSR count). The molecule has 1 aliphatic rings. The first-order valence-corrected chi connectivity index (χ1v) is 13.7. The van der Waals surface area contributed by atoms with E-state index in [1.54, 1.807) is 0 Å². The Morgan fingerprint density at radius 1 is 0.467 bits per heavy atom. The van der Waals surface area contributed by atoms with Gasteiger partial charge in [0.1, 0.15) is 0 Å². The standard InChI is InChI=1S/C26H56N4/c1-3-5-6-7-8-9-10-11-12-18-28-19-14-16-21-30-24-26-22-25(26)23-29-20-15-13-17-27-4-2/h25-30H,3-24H2,1-2H3/t25-,26-/m1/s1. The van der Waals surface area contributed by atoms with Crippen molar-refractivity contribution in [2.45, 2.75) is 104 Å². The summed E-state index contributed by atoms with van der Waals surface area (Å²) in [5, 5.41) is 14.3. The molecule has 0 aliphatic heterocycles. The zero-order valence-corrected chi connectivity index (χ0v) is 20.7. The van der Waals surface area contributed by atoms with Gasteiger partial charge < -0.3 is 21.3 Å². The molecule has 0 aromatic heterocycles. The van der Waals surface area contributed by atoms with E-state index in [-0.39, 0.29) is 0 Å². The summed E-state index contributed by atoms with van der Waals surface area (Å²) in [6.45, 7) is 14.0. The molecule has 0 radical (unpaired) electrons. The van der Waals surface area contributed by atoms with Crippen LogP contribution in [0.5, 0.6) is 0 Å². The summed E-state index contributed by atoms with van der Waals surface area (Å²) in [7, 11) is 0. The van der Waals surface area contributed by atoms with E-state index in [1.807, 2.05) is 0 Å². The van der Waals surface area contributed by atoms with Gasteiger partial charge in [-0.3, -0.25) is 0 Å². The van der Waals surface area contributed by atoms with Crippen LogP contribution in [0.25, 0.3) is 0 Å². The van der Waals surface area contributed by atoms with Gasteiger partial charge in [0.25, 0.3) is 0 Å². The van der Waals surface area contributed by atoms with Crippen LogP contribution in [-0.4, -0.2) is 52.4 Å². The Labute approximate surface area is 189 Å². The monoisotopic (exact) mass is 424 g/mol. The lowest BCUT2D eigenvalue weighted by Crippen LogP contribution is -2.24. The van der Waals surface area contributed by atoms with Gasteiger partial charge in [0.15, 0.2) is 0 Å². The van der Waals surface area contributed by atoms with E-state index in [2.05, 4.69) is 35.1 Å². The molecule has 1 aliphatic carbocycles. The third-order valence-corrected chi connectivity index (χ3v) is 6.50. The van der Waals surface area contributed by atoms with Crippen molar-refractivity contribution >= 4 is 0 Å². The quantitative estimate of drug-likeness (QED) is 0.154. The maximum absolute atomic E-state index is 3.68. The summed E-state index contributed by atoms with van der Waals surface area (Å²) in [6, 6.07) is 0. The highest BCUT2D eigenvalue weighted by Gasteiger charge is 2.35. The number of rotatable bonds is 25. The molecular formula is C26H56N4.